The van der Waals surface area contributed by atoms with Crippen LogP contribution in [-0.4, -0.2) is 45.8 Å². The number of likely N-dealkylation sites (tertiary alicyclic amines) is 1. The zero-order chi connectivity index (χ0) is 10.7. The second kappa shape index (κ2) is 4.59. The van der Waals surface area contributed by atoms with Gasteiger partial charge in [-0.15, -0.1) is 0 Å². The van der Waals surface area contributed by atoms with E-state index in [9.17, 15) is 4.79 Å². The molecule has 6 heteroatoms. The number of rotatable bonds is 3. The molecule has 0 radical (unpaired) electrons. The number of nitrogens with two attached hydrogens (primary N) is 1. The van der Waals surface area contributed by atoms with Gasteiger partial charge in [0.2, 0.25) is 0 Å². The molecule has 0 spiro atoms. The Morgan fingerprint density at radius 3 is 2.80 bits per heavy atom. The molecule has 1 aliphatic rings. The molecule has 0 saturated carbocycles. The van der Waals surface area contributed by atoms with E-state index >= 15 is 0 Å². The van der Waals surface area contributed by atoms with Crippen molar-refractivity contribution < 1.29 is 0 Å². The third-order valence-electron chi connectivity index (χ3n) is 2.97. The van der Waals surface area contributed by atoms with Gasteiger partial charge in [0.15, 0.2) is 0 Å². The maximum atomic E-state index is 11.3. The molecule has 2 heterocycles. The highest BCUT2D eigenvalue weighted by molar-refractivity contribution is 4.80. The van der Waals surface area contributed by atoms with E-state index in [1.807, 2.05) is 0 Å². The Morgan fingerprint density at radius 1 is 1.53 bits per heavy atom. The van der Waals surface area contributed by atoms with Crippen molar-refractivity contribution in [2.24, 2.45) is 5.73 Å². The highest BCUT2D eigenvalue weighted by Crippen LogP contribution is 2.19. The molecule has 0 bridgehead atoms. The highest BCUT2D eigenvalue weighted by atomic mass is 16.1. The fourth-order valence-corrected chi connectivity index (χ4v) is 2.12. The largest absolute Gasteiger partial charge is 0.343 e. The van der Waals surface area contributed by atoms with Gasteiger partial charge in [-0.1, -0.05) is 0 Å². The standard InChI is InChI=1S/C9H17N5O/c10-3-6-13-4-1-8(2-5-13)14-7-11-12-9(14)15/h7-8H,1-6,10H2,(H,12,15). The number of hydrogen-bond acceptors (Lipinski definition) is 4. The number of aromatic nitrogens is 3. The van der Waals surface area contributed by atoms with Crippen LogP contribution in [0.2, 0.25) is 0 Å². The Bertz CT molecular complexity index is 349. The number of H-pyrrole nitrogens is 1. The third-order valence-corrected chi connectivity index (χ3v) is 2.97. The molecule has 0 atom stereocenters. The molecule has 3 N–H and O–H groups in total. The van der Waals surface area contributed by atoms with Gasteiger partial charge < -0.3 is 10.6 Å². The molecular weight excluding hydrogens is 194 g/mol. The quantitative estimate of drug-likeness (QED) is 0.683. The van der Waals surface area contributed by atoms with Gasteiger partial charge in [-0.2, -0.15) is 5.10 Å². The first-order valence-electron chi connectivity index (χ1n) is 5.35. The molecule has 0 aromatic carbocycles. The number of aromatic amines is 1. The first-order valence-corrected chi connectivity index (χ1v) is 5.35. The predicted octanol–water partition coefficient (Wildman–Crippen LogP) is -0.833. The topological polar surface area (TPSA) is 79.9 Å². The van der Waals surface area contributed by atoms with Gasteiger partial charge in [0, 0.05) is 32.2 Å². The summed E-state index contributed by atoms with van der Waals surface area (Å²) in [6.07, 6.45) is 3.59. The van der Waals surface area contributed by atoms with Crippen LogP contribution in [-0.2, 0) is 0 Å². The second-order valence-electron chi connectivity index (χ2n) is 3.93. The summed E-state index contributed by atoms with van der Waals surface area (Å²) in [5.74, 6) is 0. The molecule has 1 fully saturated rings. The van der Waals surface area contributed by atoms with E-state index in [4.69, 9.17) is 5.73 Å². The van der Waals surface area contributed by atoms with E-state index in [2.05, 4.69) is 15.1 Å². The fraction of sp³-hybridized carbons (Fsp3) is 0.778. The maximum Gasteiger partial charge on any atom is 0.343 e. The molecule has 6 nitrogen and oxygen atoms in total. The van der Waals surface area contributed by atoms with Crippen LogP contribution < -0.4 is 11.4 Å². The molecule has 15 heavy (non-hydrogen) atoms. The van der Waals surface area contributed by atoms with E-state index < -0.39 is 0 Å². The summed E-state index contributed by atoms with van der Waals surface area (Å²) in [5, 5.41) is 6.17. The summed E-state index contributed by atoms with van der Waals surface area (Å²) >= 11 is 0. The summed E-state index contributed by atoms with van der Waals surface area (Å²) in [4.78, 5) is 13.7. The van der Waals surface area contributed by atoms with Gasteiger partial charge in [0.1, 0.15) is 6.33 Å². The summed E-state index contributed by atoms with van der Waals surface area (Å²) in [6, 6.07) is 0.297. The Hall–Kier alpha value is -1.14. The van der Waals surface area contributed by atoms with E-state index in [-0.39, 0.29) is 5.69 Å². The second-order valence-corrected chi connectivity index (χ2v) is 3.93. The number of nitrogens with one attached hydrogen (secondary N) is 1. The highest BCUT2D eigenvalue weighted by Gasteiger charge is 2.20. The lowest BCUT2D eigenvalue weighted by Crippen LogP contribution is -2.39. The van der Waals surface area contributed by atoms with Crippen LogP contribution in [0, 0.1) is 0 Å². The normalized spacial score (nSPS) is 19.5. The Kier molecular flexibility index (Phi) is 3.17. The van der Waals surface area contributed by atoms with Crippen molar-refractivity contribution in [2.45, 2.75) is 18.9 Å². The van der Waals surface area contributed by atoms with Crippen molar-refractivity contribution >= 4 is 0 Å². The van der Waals surface area contributed by atoms with Crippen molar-refractivity contribution in [1.29, 1.82) is 0 Å². The number of nitrogens with zero attached hydrogens (tertiary/aromatic N) is 3. The van der Waals surface area contributed by atoms with Crippen molar-refractivity contribution in [2.75, 3.05) is 26.2 Å². The van der Waals surface area contributed by atoms with E-state index in [0.717, 1.165) is 32.5 Å². The average molecular weight is 211 g/mol. The molecule has 1 saturated heterocycles. The van der Waals surface area contributed by atoms with Crippen molar-refractivity contribution in [3.05, 3.63) is 16.8 Å². The third kappa shape index (κ3) is 2.27. The maximum absolute atomic E-state index is 11.3. The number of piperidine rings is 1. The predicted molar refractivity (Wildman–Crippen MR) is 56.6 cm³/mol. The SMILES string of the molecule is NCCN1CCC(n2cn[nH]c2=O)CC1. The zero-order valence-electron chi connectivity index (χ0n) is 8.72. The van der Waals surface area contributed by atoms with Crippen LogP contribution in [0.25, 0.3) is 0 Å². The minimum Gasteiger partial charge on any atom is -0.329 e. The van der Waals surface area contributed by atoms with E-state index in [0.29, 0.717) is 12.6 Å². The molecule has 84 valence electrons. The molecule has 1 aromatic rings. The van der Waals surface area contributed by atoms with Gasteiger partial charge in [0.05, 0.1) is 0 Å². The summed E-state index contributed by atoms with van der Waals surface area (Å²) in [6.45, 7) is 3.68. The molecule has 0 aliphatic carbocycles. The number of hydrogen-bond donors (Lipinski definition) is 2. The van der Waals surface area contributed by atoms with Crippen molar-refractivity contribution in [3.8, 4) is 0 Å². The van der Waals surface area contributed by atoms with Gasteiger partial charge >= 0.3 is 5.69 Å². The molecule has 1 aromatic heterocycles. The van der Waals surface area contributed by atoms with Gasteiger partial charge in [-0.25, -0.2) is 9.89 Å². The van der Waals surface area contributed by atoms with Gasteiger partial charge in [-0.05, 0) is 12.8 Å². The zero-order valence-corrected chi connectivity index (χ0v) is 8.72. The van der Waals surface area contributed by atoms with Crippen LogP contribution in [0.3, 0.4) is 0 Å². The first-order chi connectivity index (χ1) is 7.31. The average Bonchev–Trinajstić information content (AvgIpc) is 2.66. The summed E-state index contributed by atoms with van der Waals surface area (Å²) in [5.41, 5.74) is 5.40. The van der Waals surface area contributed by atoms with Crippen LogP contribution in [0.1, 0.15) is 18.9 Å². The van der Waals surface area contributed by atoms with E-state index in [1.165, 1.54) is 0 Å². The molecule has 0 amide bonds. The molecular formula is C9H17N5O. The lowest BCUT2D eigenvalue weighted by atomic mass is 10.1. The first kappa shape index (κ1) is 10.4. The van der Waals surface area contributed by atoms with Crippen LogP contribution in [0.15, 0.2) is 11.1 Å². The lowest BCUT2D eigenvalue weighted by molar-refractivity contribution is 0.189. The molecule has 2 rings (SSSR count). The lowest BCUT2D eigenvalue weighted by Gasteiger charge is -2.31. The van der Waals surface area contributed by atoms with Gasteiger partial charge in [-0.3, -0.25) is 4.57 Å². The Balaban J connectivity index is 1.94. The summed E-state index contributed by atoms with van der Waals surface area (Å²) in [7, 11) is 0. The summed E-state index contributed by atoms with van der Waals surface area (Å²) < 4.78 is 1.69. The Morgan fingerprint density at radius 2 is 2.27 bits per heavy atom. The minimum absolute atomic E-state index is 0.104. The van der Waals surface area contributed by atoms with Crippen LogP contribution in [0.5, 0.6) is 0 Å². The smallest absolute Gasteiger partial charge is 0.329 e. The van der Waals surface area contributed by atoms with Crippen LogP contribution in [0.4, 0.5) is 0 Å². The van der Waals surface area contributed by atoms with E-state index in [1.54, 1.807) is 10.9 Å². The molecule has 0 unspecified atom stereocenters. The monoisotopic (exact) mass is 211 g/mol. The van der Waals surface area contributed by atoms with Gasteiger partial charge in [0.25, 0.3) is 0 Å². The van der Waals surface area contributed by atoms with Crippen molar-refractivity contribution in [3.63, 3.8) is 0 Å². The molecule has 1 aliphatic heterocycles. The van der Waals surface area contributed by atoms with Crippen molar-refractivity contribution in [1.82, 2.24) is 19.7 Å². The minimum atomic E-state index is -0.104. The fourth-order valence-electron chi connectivity index (χ4n) is 2.12. The van der Waals surface area contributed by atoms with Crippen LogP contribution >= 0.6 is 0 Å². The Labute approximate surface area is 88.1 Å².